The monoisotopic (exact) mass is 422 g/mol. The highest BCUT2D eigenvalue weighted by Gasteiger charge is 2.27. The van der Waals surface area contributed by atoms with Gasteiger partial charge in [0.1, 0.15) is 6.10 Å². The van der Waals surface area contributed by atoms with Crippen LogP contribution in [0.2, 0.25) is 0 Å². The molecule has 160 valence electrons. The summed E-state index contributed by atoms with van der Waals surface area (Å²) in [6.07, 6.45) is 3.78. The van der Waals surface area contributed by atoms with Crippen molar-refractivity contribution in [1.82, 2.24) is 10.3 Å². The van der Waals surface area contributed by atoms with E-state index < -0.39 is 5.82 Å². The molecule has 1 aliphatic rings. The zero-order valence-corrected chi connectivity index (χ0v) is 17.4. The minimum Gasteiger partial charge on any atom is -0.493 e. The zero-order valence-electron chi connectivity index (χ0n) is 17.4. The molecule has 0 aliphatic carbocycles. The highest BCUT2D eigenvalue weighted by Crippen LogP contribution is 2.35. The largest absolute Gasteiger partial charge is 0.493 e. The molecule has 2 aromatic carbocycles. The van der Waals surface area contributed by atoms with E-state index in [0.717, 1.165) is 22.3 Å². The molecule has 1 amide bonds. The van der Waals surface area contributed by atoms with Crippen molar-refractivity contribution < 1.29 is 23.4 Å². The number of hydrogen-bond acceptors (Lipinski definition) is 5. The van der Waals surface area contributed by atoms with Gasteiger partial charge in [0, 0.05) is 29.9 Å². The lowest BCUT2D eigenvalue weighted by Gasteiger charge is -2.13. The van der Waals surface area contributed by atoms with E-state index in [1.165, 1.54) is 6.07 Å². The van der Waals surface area contributed by atoms with Crippen LogP contribution in [-0.4, -0.2) is 37.8 Å². The topological polar surface area (TPSA) is 69.7 Å². The number of amides is 1. The Balaban J connectivity index is 1.36. The summed E-state index contributed by atoms with van der Waals surface area (Å²) in [5.74, 6) is 0.879. The molecule has 1 atom stereocenters. The third-order valence-electron chi connectivity index (χ3n) is 5.19. The average molecular weight is 422 g/mol. The number of benzene rings is 2. The molecule has 1 aromatic heterocycles. The summed E-state index contributed by atoms with van der Waals surface area (Å²) in [7, 11) is 3.11. The van der Waals surface area contributed by atoms with Crippen LogP contribution >= 0.6 is 0 Å². The van der Waals surface area contributed by atoms with Crippen LogP contribution in [-0.2, 0) is 17.6 Å². The van der Waals surface area contributed by atoms with E-state index in [0.29, 0.717) is 24.5 Å². The van der Waals surface area contributed by atoms with Crippen LogP contribution in [0.4, 0.5) is 4.39 Å². The third kappa shape index (κ3) is 4.60. The van der Waals surface area contributed by atoms with Crippen molar-refractivity contribution >= 4 is 5.91 Å². The van der Waals surface area contributed by atoms with Gasteiger partial charge in [0.05, 0.1) is 27.2 Å². The molecule has 31 heavy (non-hydrogen) atoms. The van der Waals surface area contributed by atoms with Crippen molar-refractivity contribution in [3.63, 3.8) is 0 Å². The van der Waals surface area contributed by atoms with Crippen LogP contribution in [0.25, 0.3) is 11.1 Å². The van der Waals surface area contributed by atoms with E-state index >= 15 is 0 Å². The highest BCUT2D eigenvalue weighted by atomic mass is 19.1. The molecule has 2 heterocycles. The van der Waals surface area contributed by atoms with Crippen LogP contribution in [0.5, 0.6) is 17.2 Å². The van der Waals surface area contributed by atoms with E-state index in [9.17, 15) is 9.18 Å². The molecule has 1 aliphatic heterocycles. The second-order valence-electron chi connectivity index (χ2n) is 7.30. The van der Waals surface area contributed by atoms with Gasteiger partial charge < -0.3 is 19.5 Å². The Morgan fingerprint density at radius 2 is 2.00 bits per heavy atom. The number of nitrogens with one attached hydrogen (secondary N) is 1. The summed E-state index contributed by atoms with van der Waals surface area (Å²) >= 11 is 0. The Hall–Kier alpha value is -3.61. The smallest absolute Gasteiger partial charge is 0.224 e. The molecule has 0 radical (unpaired) electrons. The number of fused-ring (bicyclic) bond motifs is 1. The number of carbonyl (C=O) groups is 1. The molecule has 4 rings (SSSR count). The van der Waals surface area contributed by atoms with E-state index in [1.54, 1.807) is 38.7 Å². The Kier molecular flexibility index (Phi) is 6.02. The Bertz CT molecular complexity index is 1090. The van der Waals surface area contributed by atoms with Gasteiger partial charge in [0.25, 0.3) is 0 Å². The van der Waals surface area contributed by atoms with E-state index in [-0.39, 0.29) is 24.2 Å². The van der Waals surface area contributed by atoms with Crippen LogP contribution in [0.3, 0.4) is 0 Å². The first kappa shape index (κ1) is 20.7. The SMILES string of the molecule is COc1ccc(CC(=O)NC[C@@H]2Cc3cc(-c4cccnc4)cc(F)c3O2)cc1OC. The molecule has 0 saturated carbocycles. The van der Waals surface area contributed by atoms with Gasteiger partial charge in [0.15, 0.2) is 23.1 Å². The Morgan fingerprint density at radius 1 is 1.16 bits per heavy atom. The lowest BCUT2D eigenvalue weighted by atomic mass is 10.0. The summed E-state index contributed by atoms with van der Waals surface area (Å²) in [6, 6.07) is 12.4. The second-order valence-corrected chi connectivity index (χ2v) is 7.30. The first-order valence-electron chi connectivity index (χ1n) is 9.94. The Morgan fingerprint density at radius 3 is 2.74 bits per heavy atom. The molecule has 0 bridgehead atoms. The third-order valence-corrected chi connectivity index (χ3v) is 5.19. The minimum absolute atomic E-state index is 0.150. The predicted octanol–water partition coefficient (Wildman–Crippen LogP) is 3.57. The lowest BCUT2D eigenvalue weighted by molar-refractivity contribution is -0.120. The van der Waals surface area contributed by atoms with Crippen LogP contribution in [0.15, 0.2) is 54.9 Å². The summed E-state index contributed by atoms with van der Waals surface area (Å²) in [6.45, 7) is 0.294. The Labute approximate surface area is 180 Å². The number of ether oxygens (including phenoxy) is 3. The zero-order chi connectivity index (χ0) is 21.8. The highest BCUT2D eigenvalue weighted by molar-refractivity contribution is 5.78. The van der Waals surface area contributed by atoms with E-state index in [1.807, 2.05) is 24.3 Å². The van der Waals surface area contributed by atoms with Crippen LogP contribution in [0.1, 0.15) is 11.1 Å². The maximum absolute atomic E-state index is 14.6. The van der Waals surface area contributed by atoms with Gasteiger partial charge in [-0.1, -0.05) is 12.1 Å². The number of hydrogen-bond donors (Lipinski definition) is 1. The van der Waals surface area contributed by atoms with Gasteiger partial charge in [-0.3, -0.25) is 9.78 Å². The normalized spacial score (nSPS) is 14.5. The fourth-order valence-electron chi connectivity index (χ4n) is 3.67. The number of nitrogens with zero attached hydrogens (tertiary/aromatic N) is 1. The van der Waals surface area contributed by atoms with Gasteiger partial charge in [-0.15, -0.1) is 0 Å². The van der Waals surface area contributed by atoms with Crippen molar-refractivity contribution in [1.29, 1.82) is 0 Å². The van der Waals surface area contributed by atoms with Gasteiger partial charge in [-0.25, -0.2) is 4.39 Å². The van der Waals surface area contributed by atoms with Crippen molar-refractivity contribution in [3.05, 3.63) is 71.8 Å². The first-order valence-corrected chi connectivity index (χ1v) is 9.94. The summed E-state index contributed by atoms with van der Waals surface area (Å²) in [4.78, 5) is 16.5. The molecule has 0 unspecified atom stereocenters. The summed E-state index contributed by atoms with van der Waals surface area (Å²) in [5, 5.41) is 2.87. The van der Waals surface area contributed by atoms with E-state index in [2.05, 4.69) is 10.3 Å². The number of carbonyl (C=O) groups excluding carboxylic acids is 1. The van der Waals surface area contributed by atoms with Crippen molar-refractivity contribution in [3.8, 4) is 28.4 Å². The molecule has 0 spiro atoms. The predicted molar refractivity (Wildman–Crippen MR) is 114 cm³/mol. The van der Waals surface area contributed by atoms with Crippen molar-refractivity contribution in [2.45, 2.75) is 18.9 Å². The fourth-order valence-corrected chi connectivity index (χ4v) is 3.67. The molecule has 3 aromatic rings. The van der Waals surface area contributed by atoms with Gasteiger partial charge in [-0.05, 0) is 41.5 Å². The average Bonchev–Trinajstić information content (AvgIpc) is 3.22. The van der Waals surface area contributed by atoms with Gasteiger partial charge in [-0.2, -0.15) is 0 Å². The van der Waals surface area contributed by atoms with Gasteiger partial charge in [0.2, 0.25) is 5.91 Å². The van der Waals surface area contributed by atoms with Gasteiger partial charge >= 0.3 is 0 Å². The molecular formula is C24H23FN2O4. The summed E-state index contributed by atoms with van der Waals surface area (Å²) in [5.41, 5.74) is 3.19. The number of aromatic nitrogens is 1. The molecule has 6 nitrogen and oxygen atoms in total. The number of methoxy groups -OCH3 is 2. The number of rotatable bonds is 7. The van der Waals surface area contributed by atoms with E-state index in [4.69, 9.17) is 14.2 Å². The van der Waals surface area contributed by atoms with Crippen LogP contribution in [0, 0.1) is 5.82 Å². The number of halogens is 1. The molecule has 1 N–H and O–H groups in total. The standard InChI is InChI=1S/C24H23FN2O4/c1-29-21-6-5-15(8-22(21)30-2)9-23(28)27-14-19-11-18-10-17(12-20(25)24(18)31-19)16-4-3-7-26-13-16/h3-8,10,12-13,19H,9,11,14H2,1-2H3,(H,27,28)/t19-/m0/s1. The maximum Gasteiger partial charge on any atom is 0.224 e. The fraction of sp³-hybridized carbons (Fsp3) is 0.250. The van der Waals surface area contributed by atoms with Crippen molar-refractivity contribution in [2.75, 3.05) is 20.8 Å². The molecule has 0 saturated heterocycles. The quantitative estimate of drug-likeness (QED) is 0.631. The lowest BCUT2D eigenvalue weighted by Crippen LogP contribution is -2.35. The van der Waals surface area contributed by atoms with Crippen molar-refractivity contribution in [2.24, 2.45) is 0 Å². The molecule has 0 fully saturated rings. The molecular weight excluding hydrogens is 399 g/mol. The maximum atomic E-state index is 14.6. The summed E-state index contributed by atoms with van der Waals surface area (Å²) < 4.78 is 30.8. The number of pyridine rings is 1. The first-order chi connectivity index (χ1) is 15.1. The second kappa shape index (κ2) is 9.04. The minimum atomic E-state index is -0.407. The molecule has 7 heteroatoms. The van der Waals surface area contributed by atoms with Crippen LogP contribution < -0.4 is 19.5 Å².